The van der Waals surface area contributed by atoms with Crippen molar-refractivity contribution in [3.05, 3.63) is 29.8 Å². The van der Waals surface area contributed by atoms with Crippen LogP contribution in [0.5, 0.6) is 0 Å². The van der Waals surface area contributed by atoms with Crippen LogP contribution in [-0.2, 0) is 4.79 Å². The van der Waals surface area contributed by atoms with Gasteiger partial charge < -0.3 is 10.4 Å². The predicted molar refractivity (Wildman–Crippen MR) is 61.3 cm³/mol. The molecule has 0 aliphatic rings. The van der Waals surface area contributed by atoms with E-state index >= 15 is 0 Å². The van der Waals surface area contributed by atoms with E-state index in [1.165, 1.54) is 0 Å². The lowest BCUT2D eigenvalue weighted by atomic mass is 9.96. The molecule has 2 N–H and O–H groups in total. The normalized spacial score (nSPS) is 12.1. The van der Waals surface area contributed by atoms with E-state index in [1.54, 1.807) is 0 Å². The van der Waals surface area contributed by atoms with E-state index in [1.807, 2.05) is 38.1 Å². The highest BCUT2D eigenvalue weighted by atomic mass is 16.4. The summed E-state index contributed by atoms with van der Waals surface area (Å²) in [6, 6.07) is 7.59. The van der Waals surface area contributed by atoms with Crippen molar-refractivity contribution in [2.75, 3.05) is 11.9 Å². The van der Waals surface area contributed by atoms with Crippen molar-refractivity contribution in [1.29, 1.82) is 0 Å². The van der Waals surface area contributed by atoms with Gasteiger partial charge in [0.15, 0.2) is 0 Å². The second-order valence-electron chi connectivity index (χ2n) is 3.45. The van der Waals surface area contributed by atoms with E-state index in [2.05, 4.69) is 5.32 Å². The Kier molecular flexibility index (Phi) is 4.16. The Morgan fingerprint density at radius 3 is 2.33 bits per heavy atom. The zero-order valence-electron chi connectivity index (χ0n) is 9.16. The first-order chi connectivity index (χ1) is 7.19. The fourth-order valence-electron chi connectivity index (χ4n) is 1.59. The van der Waals surface area contributed by atoms with Crippen molar-refractivity contribution in [3.8, 4) is 0 Å². The number of anilines is 1. The van der Waals surface area contributed by atoms with Crippen LogP contribution in [0.2, 0.25) is 0 Å². The lowest BCUT2D eigenvalue weighted by Crippen LogP contribution is -2.10. The number of nitrogens with one attached hydrogen (secondary N) is 1. The third-order valence-corrected chi connectivity index (χ3v) is 2.40. The zero-order chi connectivity index (χ0) is 11.3. The van der Waals surface area contributed by atoms with E-state index in [0.29, 0.717) is 6.42 Å². The summed E-state index contributed by atoms with van der Waals surface area (Å²) in [6.45, 7) is 4.78. The first-order valence-electron chi connectivity index (χ1n) is 5.25. The highest BCUT2D eigenvalue weighted by Gasteiger charge is 2.16. The van der Waals surface area contributed by atoms with Gasteiger partial charge in [-0.1, -0.05) is 19.1 Å². The number of carboxylic acid groups (broad SMARTS) is 1. The second-order valence-corrected chi connectivity index (χ2v) is 3.45. The molecule has 0 aliphatic carbocycles. The van der Waals surface area contributed by atoms with Crippen LogP contribution < -0.4 is 5.32 Å². The molecule has 82 valence electrons. The van der Waals surface area contributed by atoms with Gasteiger partial charge in [-0.3, -0.25) is 4.79 Å². The average Bonchev–Trinajstić information content (AvgIpc) is 2.21. The van der Waals surface area contributed by atoms with Crippen LogP contribution in [0.25, 0.3) is 0 Å². The van der Waals surface area contributed by atoms with Crippen LogP contribution >= 0.6 is 0 Å². The van der Waals surface area contributed by atoms with E-state index in [9.17, 15) is 4.79 Å². The Balaban J connectivity index is 2.82. The highest BCUT2D eigenvalue weighted by Crippen LogP contribution is 2.21. The summed E-state index contributed by atoms with van der Waals surface area (Å²) in [7, 11) is 0. The lowest BCUT2D eigenvalue weighted by molar-refractivity contribution is -0.138. The molecule has 0 aromatic heterocycles. The summed E-state index contributed by atoms with van der Waals surface area (Å²) in [6.07, 6.45) is 0.621. The van der Waals surface area contributed by atoms with Crippen molar-refractivity contribution in [1.82, 2.24) is 0 Å². The van der Waals surface area contributed by atoms with Crippen LogP contribution in [0.15, 0.2) is 24.3 Å². The molecule has 0 saturated carbocycles. The molecule has 1 rings (SSSR count). The Morgan fingerprint density at radius 2 is 1.93 bits per heavy atom. The number of carboxylic acids is 1. The molecule has 3 nitrogen and oxygen atoms in total. The maximum atomic E-state index is 10.9. The minimum Gasteiger partial charge on any atom is -0.481 e. The lowest BCUT2D eigenvalue weighted by Gasteiger charge is -2.11. The third-order valence-electron chi connectivity index (χ3n) is 2.40. The first kappa shape index (κ1) is 11.6. The van der Waals surface area contributed by atoms with Gasteiger partial charge >= 0.3 is 5.97 Å². The summed E-state index contributed by atoms with van der Waals surface area (Å²) < 4.78 is 0. The van der Waals surface area contributed by atoms with Crippen molar-refractivity contribution >= 4 is 11.7 Å². The summed E-state index contributed by atoms with van der Waals surface area (Å²) in [5.74, 6) is -1.14. The smallest absolute Gasteiger partial charge is 0.310 e. The maximum Gasteiger partial charge on any atom is 0.310 e. The van der Waals surface area contributed by atoms with Gasteiger partial charge in [-0.25, -0.2) is 0 Å². The van der Waals surface area contributed by atoms with Gasteiger partial charge in [-0.2, -0.15) is 0 Å². The van der Waals surface area contributed by atoms with E-state index < -0.39 is 5.97 Å². The minimum absolute atomic E-state index is 0.388. The molecule has 0 heterocycles. The van der Waals surface area contributed by atoms with Crippen LogP contribution in [0.1, 0.15) is 31.7 Å². The molecule has 0 bridgehead atoms. The fraction of sp³-hybridized carbons (Fsp3) is 0.417. The fourth-order valence-corrected chi connectivity index (χ4v) is 1.59. The number of benzene rings is 1. The van der Waals surface area contributed by atoms with Crippen LogP contribution in [0.3, 0.4) is 0 Å². The number of hydrogen-bond acceptors (Lipinski definition) is 2. The second kappa shape index (κ2) is 5.39. The number of aliphatic carboxylic acids is 1. The van der Waals surface area contributed by atoms with Gasteiger partial charge in [0.2, 0.25) is 0 Å². The Morgan fingerprint density at radius 1 is 1.33 bits per heavy atom. The SMILES string of the molecule is CCNc1ccc(C(CC)C(=O)O)cc1. The Labute approximate surface area is 90.1 Å². The largest absolute Gasteiger partial charge is 0.481 e. The summed E-state index contributed by atoms with van der Waals surface area (Å²) in [5.41, 5.74) is 1.90. The van der Waals surface area contributed by atoms with Crippen molar-refractivity contribution < 1.29 is 9.90 Å². The standard InChI is InChI=1S/C12H17NO2/c1-3-11(12(14)15)9-5-7-10(8-6-9)13-4-2/h5-8,11,13H,3-4H2,1-2H3,(H,14,15). The van der Waals surface area contributed by atoms with Gasteiger partial charge in [0.25, 0.3) is 0 Å². The van der Waals surface area contributed by atoms with Crippen LogP contribution in [0.4, 0.5) is 5.69 Å². The molecule has 0 radical (unpaired) electrons. The summed E-state index contributed by atoms with van der Waals surface area (Å²) in [4.78, 5) is 10.9. The molecule has 3 heteroatoms. The summed E-state index contributed by atoms with van der Waals surface area (Å²) in [5, 5.41) is 12.2. The molecule has 1 aromatic rings. The van der Waals surface area contributed by atoms with Crippen LogP contribution in [0, 0.1) is 0 Å². The molecule has 0 fully saturated rings. The maximum absolute atomic E-state index is 10.9. The third kappa shape index (κ3) is 2.98. The topological polar surface area (TPSA) is 49.3 Å². The highest BCUT2D eigenvalue weighted by molar-refractivity contribution is 5.76. The molecular formula is C12H17NO2. The van der Waals surface area contributed by atoms with E-state index in [0.717, 1.165) is 17.8 Å². The van der Waals surface area contributed by atoms with Gasteiger partial charge in [0.05, 0.1) is 5.92 Å². The molecule has 0 aliphatic heterocycles. The molecule has 0 amide bonds. The number of rotatable bonds is 5. The molecule has 0 saturated heterocycles. The van der Waals surface area contributed by atoms with E-state index in [4.69, 9.17) is 5.11 Å². The number of carbonyl (C=O) groups is 1. The van der Waals surface area contributed by atoms with Crippen LogP contribution in [-0.4, -0.2) is 17.6 Å². The molecule has 15 heavy (non-hydrogen) atoms. The Bertz CT molecular complexity index is 319. The van der Waals surface area contributed by atoms with Crippen molar-refractivity contribution in [3.63, 3.8) is 0 Å². The molecular weight excluding hydrogens is 190 g/mol. The quantitative estimate of drug-likeness (QED) is 0.780. The monoisotopic (exact) mass is 207 g/mol. The molecule has 1 unspecified atom stereocenters. The molecule has 1 atom stereocenters. The number of hydrogen-bond donors (Lipinski definition) is 2. The molecule has 0 spiro atoms. The Hall–Kier alpha value is -1.51. The van der Waals surface area contributed by atoms with Crippen molar-refractivity contribution in [2.45, 2.75) is 26.2 Å². The van der Waals surface area contributed by atoms with Crippen molar-refractivity contribution in [2.24, 2.45) is 0 Å². The summed E-state index contributed by atoms with van der Waals surface area (Å²) >= 11 is 0. The van der Waals surface area contributed by atoms with E-state index in [-0.39, 0.29) is 5.92 Å². The minimum atomic E-state index is -0.756. The van der Waals surface area contributed by atoms with Gasteiger partial charge in [0, 0.05) is 12.2 Å². The average molecular weight is 207 g/mol. The molecule has 1 aromatic carbocycles. The zero-order valence-corrected chi connectivity index (χ0v) is 9.16. The van der Waals surface area contributed by atoms with Gasteiger partial charge in [-0.15, -0.1) is 0 Å². The van der Waals surface area contributed by atoms with Gasteiger partial charge in [-0.05, 0) is 31.0 Å². The predicted octanol–water partition coefficient (Wildman–Crippen LogP) is 2.70. The first-order valence-corrected chi connectivity index (χ1v) is 5.25. The van der Waals surface area contributed by atoms with Gasteiger partial charge in [0.1, 0.15) is 0 Å².